The molecule has 0 unspecified atom stereocenters. The molecule has 1 fully saturated rings. The molecule has 1 atom stereocenters. The summed E-state index contributed by atoms with van der Waals surface area (Å²) in [5, 5.41) is 4.94. The molecule has 0 saturated carbocycles. The van der Waals surface area contributed by atoms with Crippen molar-refractivity contribution in [3.05, 3.63) is 59.7 Å². The van der Waals surface area contributed by atoms with E-state index in [1.807, 2.05) is 0 Å². The van der Waals surface area contributed by atoms with E-state index in [4.69, 9.17) is 4.74 Å². The second-order valence-corrected chi connectivity index (χ2v) is 6.82. The molecule has 2 aromatic rings. The number of halogens is 2. The van der Waals surface area contributed by atoms with Gasteiger partial charge >= 0.3 is 6.03 Å². The summed E-state index contributed by atoms with van der Waals surface area (Å²) >= 11 is 0. The third-order valence-corrected chi connectivity index (χ3v) is 4.59. The molecule has 0 aliphatic carbocycles. The molecule has 3 rings (SSSR count). The van der Waals surface area contributed by atoms with Crippen molar-refractivity contribution in [3.63, 3.8) is 0 Å². The summed E-state index contributed by atoms with van der Waals surface area (Å²) < 4.78 is 31.5. The smallest absolute Gasteiger partial charge is 0.325 e. The number of ether oxygens (including phenoxy) is 1. The topological polar surface area (TPSA) is 87.7 Å². The molecule has 0 bridgehead atoms. The highest BCUT2D eigenvalue weighted by Gasteiger charge is 2.48. The van der Waals surface area contributed by atoms with Gasteiger partial charge in [0.05, 0.1) is 7.11 Å². The van der Waals surface area contributed by atoms with Gasteiger partial charge in [-0.25, -0.2) is 13.6 Å². The van der Waals surface area contributed by atoms with Gasteiger partial charge in [0.2, 0.25) is 5.91 Å². The predicted molar refractivity (Wildman–Crippen MR) is 100 cm³/mol. The Labute approximate surface area is 165 Å². The van der Waals surface area contributed by atoms with Crippen molar-refractivity contribution in [2.45, 2.75) is 18.9 Å². The molecular weight excluding hydrogens is 384 g/mol. The van der Waals surface area contributed by atoms with Gasteiger partial charge in [-0.3, -0.25) is 14.5 Å². The van der Waals surface area contributed by atoms with Crippen LogP contribution in [-0.4, -0.2) is 41.9 Å². The van der Waals surface area contributed by atoms with Gasteiger partial charge in [0.25, 0.3) is 5.91 Å². The van der Waals surface area contributed by atoms with Crippen LogP contribution in [0.4, 0.5) is 19.3 Å². The van der Waals surface area contributed by atoms with Crippen LogP contribution in [0.3, 0.4) is 0 Å². The van der Waals surface area contributed by atoms with Crippen LogP contribution in [0.5, 0.6) is 5.75 Å². The van der Waals surface area contributed by atoms with Crippen molar-refractivity contribution in [1.29, 1.82) is 0 Å². The zero-order valence-electron chi connectivity index (χ0n) is 15.8. The van der Waals surface area contributed by atoms with Crippen molar-refractivity contribution in [2.24, 2.45) is 0 Å². The van der Waals surface area contributed by atoms with Crippen molar-refractivity contribution in [2.75, 3.05) is 19.0 Å². The number of nitrogens with zero attached hydrogens (tertiary/aromatic N) is 1. The predicted octanol–water partition coefficient (Wildman–Crippen LogP) is 2.47. The van der Waals surface area contributed by atoms with Crippen LogP contribution in [0.15, 0.2) is 42.5 Å². The molecule has 9 heteroatoms. The summed E-state index contributed by atoms with van der Waals surface area (Å²) in [4.78, 5) is 38.1. The maximum Gasteiger partial charge on any atom is 0.325 e. The van der Waals surface area contributed by atoms with Crippen LogP contribution >= 0.6 is 0 Å². The van der Waals surface area contributed by atoms with Gasteiger partial charge in [-0.1, -0.05) is 18.2 Å². The number of hydrogen-bond donors (Lipinski definition) is 2. The molecule has 2 aromatic carbocycles. The Morgan fingerprint density at radius 2 is 1.90 bits per heavy atom. The number of carbonyl (C=O) groups is 3. The minimum Gasteiger partial charge on any atom is -0.496 e. The summed E-state index contributed by atoms with van der Waals surface area (Å²) in [5.41, 5.74) is -0.523. The van der Waals surface area contributed by atoms with E-state index in [1.165, 1.54) is 13.2 Å². The van der Waals surface area contributed by atoms with Crippen LogP contribution in [0.25, 0.3) is 0 Å². The van der Waals surface area contributed by atoms with Gasteiger partial charge in [0.1, 0.15) is 17.8 Å². The number of para-hydroxylation sites is 1. The lowest BCUT2D eigenvalue weighted by Gasteiger charge is -2.22. The Morgan fingerprint density at radius 1 is 1.17 bits per heavy atom. The fourth-order valence-electron chi connectivity index (χ4n) is 3.16. The van der Waals surface area contributed by atoms with E-state index in [0.29, 0.717) is 5.75 Å². The SMILES string of the molecule is COc1ccccc1C[C@@]1(C)NC(=O)N(CC(=O)Nc2ccc(F)c(F)c2)C1=O. The standard InChI is InChI=1S/C20H19F2N3O4/c1-20(10-12-5-3-4-6-16(12)29-2)18(27)25(19(28)24-20)11-17(26)23-13-7-8-14(21)15(22)9-13/h3-9H,10-11H2,1-2H3,(H,23,26)(H,24,28)/t20-/m1/s1. The Morgan fingerprint density at radius 3 is 2.59 bits per heavy atom. The van der Waals surface area contributed by atoms with E-state index in [0.717, 1.165) is 22.6 Å². The van der Waals surface area contributed by atoms with Crippen LogP contribution < -0.4 is 15.4 Å². The highest BCUT2D eigenvalue weighted by atomic mass is 19.2. The molecule has 29 heavy (non-hydrogen) atoms. The van der Waals surface area contributed by atoms with Crippen LogP contribution in [-0.2, 0) is 16.0 Å². The molecule has 0 spiro atoms. The van der Waals surface area contributed by atoms with E-state index >= 15 is 0 Å². The first kappa shape index (κ1) is 20.2. The van der Waals surface area contributed by atoms with Crippen LogP contribution in [0.2, 0.25) is 0 Å². The number of benzene rings is 2. The summed E-state index contributed by atoms with van der Waals surface area (Å²) in [6.45, 7) is 0.998. The monoisotopic (exact) mass is 403 g/mol. The molecule has 4 amide bonds. The minimum absolute atomic E-state index is 0.0118. The van der Waals surface area contributed by atoms with Crippen LogP contribution in [0.1, 0.15) is 12.5 Å². The third-order valence-electron chi connectivity index (χ3n) is 4.59. The van der Waals surface area contributed by atoms with E-state index < -0.39 is 41.6 Å². The maximum atomic E-state index is 13.3. The Bertz CT molecular complexity index is 982. The first-order valence-corrected chi connectivity index (χ1v) is 8.74. The Balaban J connectivity index is 1.71. The lowest BCUT2D eigenvalue weighted by Crippen LogP contribution is -2.46. The molecular formula is C20H19F2N3O4. The summed E-state index contributed by atoms with van der Waals surface area (Å²) in [7, 11) is 1.51. The number of urea groups is 1. The normalized spacial score (nSPS) is 18.6. The first-order valence-electron chi connectivity index (χ1n) is 8.74. The quantitative estimate of drug-likeness (QED) is 0.726. The molecule has 2 N–H and O–H groups in total. The van der Waals surface area contributed by atoms with Gasteiger partial charge in [0, 0.05) is 18.2 Å². The number of nitrogens with one attached hydrogen (secondary N) is 2. The second-order valence-electron chi connectivity index (χ2n) is 6.82. The zero-order valence-corrected chi connectivity index (χ0v) is 15.8. The average Bonchev–Trinajstić information content (AvgIpc) is 2.88. The number of amides is 4. The number of methoxy groups -OCH3 is 1. The van der Waals surface area contributed by atoms with Gasteiger partial charge in [-0.05, 0) is 30.7 Å². The van der Waals surface area contributed by atoms with Gasteiger partial charge in [0.15, 0.2) is 11.6 Å². The van der Waals surface area contributed by atoms with Gasteiger partial charge in [-0.15, -0.1) is 0 Å². The average molecular weight is 403 g/mol. The fraction of sp³-hybridized carbons (Fsp3) is 0.250. The van der Waals surface area contributed by atoms with Gasteiger partial charge < -0.3 is 15.4 Å². The van der Waals surface area contributed by atoms with Crippen molar-refractivity contribution < 1.29 is 27.9 Å². The maximum absolute atomic E-state index is 13.3. The molecule has 7 nitrogen and oxygen atoms in total. The number of rotatable bonds is 6. The summed E-state index contributed by atoms with van der Waals surface area (Å²) in [6, 6.07) is 9.23. The molecule has 1 heterocycles. The first-order chi connectivity index (χ1) is 13.7. The fourth-order valence-corrected chi connectivity index (χ4v) is 3.16. The molecule has 1 aliphatic heterocycles. The van der Waals surface area contributed by atoms with E-state index in [9.17, 15) is 23.2 Å². The molecule has 0 aromatic heterocycles. The van der Waals surface area contributed by atoms with E-state index in [-0.39, 0.29) is 12.1 Å². The summed E-state index contributed by atoms with van der Waals surface area (Å²) in [5.74, 6) is -2.90. The number of hydrogen-bond acceptors (Lipinski definition) is 4. The van der Waals surface area contributed by atoms with Crippen molar-refractivity contribution >= 4 is 23.5 Å². The largest absolute Gasteiger partial charge is 0.496 e. The van der Waals surface area contributed by atoms with Crippen molar-refractivity contribution in [3.8, 4) is 5.75 Å². The molecule has 152 valence electrons. The van der Waals surface area contributed by atoms with E-state index in [1.54, 1.807) is 31.2 Å². The number of carbonyl (C=O) groups excluding carboxylic acids is 3. The number of anilines is 1. The Hall–Kier alpha value is -3.49. The van der Waals surface area contributed by atoms with E-state index in [2.05, 4.69) is 10.6 Å². The molecule has 1 aliphatic rings. The Kier molecular flexibility index (Phi) is 5.49. The lowest BCUT2D eigenvalue weighted by molar-refractivity contribution is -0.133. The zero-order chi connectivity index (χ0) is 21.2. The molecule has 1 saturated heterocycles. The lowest BCUT2D eigenvalue weighted by atomic mass is 9.92. The van der Waals surface area contributed by atoms with Crippen LogP contribution in [0, 0.1) is 11.6 Å². The van der Waals surface area contributed by atoms with Gasteiger partial charge in [-0.2, -0.15) is 0 Å². The second kappa shape index (κ2) is 7.86. The third kappa shape index (κ3) is 4.18. The minimum atomic E-state index is -1.26. The highest BCUT2D eigenvalue weighted by molar-refractivity contribution is 6.10. The van der Waals surface area contributed by atoms with Crippen molar-refractivity contribution in [1.82, 2.24) is 10.2 Å². The number of imide groups is 1. The highest BCUT2D eigenvalue weighted by Crippen LogP contribution is 2.27. The summed E-state index contributed by atoms with van der Waals surface area (Å²) in [6.07, 6.45) is 0.170. The molecule has 0 radical (unpaired) electrons.